The molecule has 90 valence electrons. The minimum absolute atomic E-state index is 0.0694. The van der Waals surface area contributed by atoms with Crippen LogP contribution in [0.5, 0.6) is 0 Å². The van der Waals surface area contributed by atoms with Crippen molar-refractivity contribution in [3.63, 3.8) is 0 Å². The van der Waals surface area contributed by atoms with E-state index in [2.05, 4.69) is 25.7 Å². The maximum absolute atomic E-state index is 5.83. The van der Waals surface area contributed by atoms with Crippen LogP contribution in [0.4, 0.5) is 0 Å². The zero-order chi connectivity index (χ0) is 11.5. The predicted molar refractivity (Wildman–Crippen MR) is 64.0 cm³/mol. The first-order valence-electron chi connectivity index (χ1n) is 5.94. The Hall–Kier alpha value is -0.120. The molecule has 1 heterocycles. The molecule has 0 saturated carbocycles. The van der Waals surface area contributed by atoms with Crippen molar-refractivity contribution in [2.24, 2.45) is 5.73 Å². The van der Waals surface area contributed by atoms with Crippen molar-refractivity contribution < 1.29 is 4.74 Å². The average molecular weight is 214 g/mol. The maximum Gasteiger partial charge on any atom is 0.0813 e. The molecular weight excluding hydrogens is 188 g/mol. The highest BCUT2D eigenvalue weighted by molar-refractivity contribution is 4.89. The second-order valence-electron chi connectivity index (χ2n) is 5.60. The molecule has 1 rings (SSSR count). The van der Waals surface area contributed by atoms with Gasteiger partial charge in [0.2, 0.25) is 0 Å². The van der Waals surface area contributed by atoms with E-state index in [1.165, 1.54) is 6.42 Å². The van der Waals surface area contributed by atoms with E-state index in [1.54, 1.807) is 7.11 Å². The minimum Gasteiger partial charge on any atom is -0.377 e. The lowest BCUT2D eigenvalue weighted by molar-refractivity contribution is -0.0160. The number of rotatable bonds is 2. The second kappa shape index (κ2) is 4.81. The molecule has 0 aromatic heterocycles. The third-order valence-corrected chi connectivity index (χ3v) is 3.65. The molecule has 0 radical (unpaired) electrons. The van der Waals surface area contributed by atoms with Gasteiger partial charge in [-0.25, -0.2) is 0 Å². The van der Waals surface area contributed by atoms with E-state index in [-0.39, 0.29) is 11.1 Å². The molecule has 3 nitrogen and oxygen atoms in total. The van der Waals surface area contributed by atoms with E-state index in [9.17, 15) is 0 Å². The first kappa shape index (κ1) is 12.9. The van der Waals surface area contributed by atoms with Crippen LogP contribution in [0.15, 0.2) is 0 Å². The van der Waals surface area contributed by atoms with Crippen molar-refractivity contribution in [2.75, 3.05) is 26.7 Å². The van der Waals surface area contributed by atoms with Crippen LogP contribution in [0, 0.1) is 0 Å². The Kier molecular flexibility index (Phi) is 4.15. The SMILES string of the molecule is COC1(CN)CCCN(C(C)(C)C)CC1. The van der Waals surface area contributed by atoms with Gasteiger partial charge in [0.05, 0.1) is 5.60 Å². The maximum atomic E-state index is 5.83. The van der Waals surface area contributed by atoms with Crippen LogP contribution in [0.25, 0.3) is 0 Å². The van der Waals surface area contributed by atoms with Crippen LogP contribution in [-0.4, -0.2) is 42.8 Å². The molecule has 1 aliphatic rings. The molecule has 2 N–H and O–H groups in total. The van der Waals surface area contributed by atoms with Gasteiger partial charge in [0.15, 0.2) is 0 Å². The largest absolute Gasteiger partial charge is 0.377 e. The molecule has 0 spiro atoms. The molecule has 3 heteroatoms. The molecular formula is C12H26N2O. The summed E-state index contributed by atoms with van der Waals surface area (Å²) in [6.45, 7) is 9.71. The monoisotopic (exact) mass is 214 g/mol. The van der Waals surface area contributed by atoms with Crippen LogP contribution in [0.1, 0.15) is 40.0 Å². The molecule has 0 aromatic rings. The van der Waals surface area contributed by atoms with Crippen molar-refractivity contribution in [1.82, 2.24) is 4.90 Å². The van der Waals surface area contributed by atoms with Crippen LogP contribution in [-0.2, 0) is 4.74 Å². The van der Waals surface area contributed by atoms with Gasteiger partial charge in [-0.2, -0.15) is 0 Å². The second-order valence-corrected chi connectivity index (χ2v) is 5.60. The molecule has 15 heavy (non-hydrogen) atoms. The number of hydrogen-bond acceptors (Lipinski definition) is 3. The molecule has 0 amide bonds. The standard InChI is InChI=1S/C12H26N2O/c1-11(2,3)14-8-5-6-12(10-13,15-4)7-9-14/h5-10,13H2,1-4H3. The molecule has 1 aliphatic heterocycles. The van der Waals surface area contributed by atoms with E-state index >= 15 is 0 Å². The zero-order valence-electron chi connectivity index (χ0n) is 10.7. The number of likely N-dealkylation sites (tertiary alicyclic amines) is 1. The van der Waals surface area contributed by atoms with E-state index in [4.69, 9.17) is 10.5 Å². The van der Waals surface area contributed by atoms with Gasteiger partial charge in [-0.1, -0.05) is 0 Å². The highest BCUT2D eigenvalue weighted by Crippen LogP contribution is 2.27. The first-order valence-corrected chi connectivity index (χ1v) is 5.94. The van der Waals surface area contributed by atoms with Crippen molar-refractivity contribution in [2.45, 2.75) is 51.2 Å². The summed E-state index contributed by atoms with van der Waals surface area (Å²) in [6, 6.07) is 0. The van der Waals surface area contributed by atoms with Crippen molar-refractivity contribution in [3.8, 4) is 0 Å². The normalized spacial score (nSPS) is 30.2. The Labute approximate surface area is 94.0 Å². The minimum atomic E-state index is -0.0694. The molecule has 0 aliphatic carbocycles. The molecule has 1 saturated heterocycles. The summed E-state index contributed by atoms with van der Waals surface area (Å²) in [5.74, 6) is 0. The highest BCUT2D eigenvalue weighted by atomic mass is 16.5. The third kappa shape index (κ3) is 3.16. The average Bonchev–Trinajstić information content (AvgIpc) is 2.39. The number of ether oxygens (including phenoxy) is 1. The van der Waals surface area contributed by atoms with E-state index in [1.807, 2.05) is 0 Å². The summed E-state index contributed by atoms with van der Waals surface area (Å²) in [6.07, 6.45) is 3.33. The number of nitrogens with two attached hydrogens (primary N) is 1. The molecule has 1 unspecified atom stereocenters. The Bertz CT molecular complexity index is 194. The first-order chi connectivity index (χ1) is 6.93. The lowest BCUT2D eigenvalue weighted by Gasteiger charge is -2.35. The fourth-order valence-electron chi connectivity index (χ4n) is 2.33. The lowest BCUT2D eigenvalue weighted by Crippen LogP contribution is -2.44. The van der Waals surface area contributed by atoms with Crippen LogP contribution >= 0.6 is 0 Å². The fraction of sp³-hybridized carbons (Fsp3) is 1.00. The van der Waals surface area contributed by atoms with Gasteiger partial charge in [0, 0.05) is 25.7 Å². The summed E-state index contributed by atoms with van der Waals surface area (Å²) >= 11 is 0. The van der Waals surface area contributed by atoms with Crippen LogP contribution < -0.4 is 5.73 Å². The third-order valence-electron chi connectivity index (χ3n) is 3.65. The zero-order valence-corrected chi connectivity index (χ0v) is 10.7. The van der Waals surface area contributed by atoms with E-state index in [0.29, 0.717) is 6.54 Å². The highest BCUT2D eigenvalue weighted by Gasteiger charge is 2.33. The van der Waals surface area contributed by atoms with Gasteiger partial charge in [0.25, 0.3) is 0 Å². The Morgan fingerprint density at radius 1 is 1.27 bits per heavy atom. The van der Waals surface area contributed by atoms with Crippen molar-refractivity contribution in [1.29, 1.82) is 0 Å². The predicted octanol–water partition coefficient (Wildman–Crippen LogP) is 1.61. The summed E-state index contributed by atoms with van der Waals surface area (Å²) < 4.78 is 5.62. The van der Waals surface area contributed by atoms with Gasteiger partial charge >= 0.3 is 0 Å². The molecule has 0 bridgehead atoms. The van der Waals surface area contributed by atoms with Gasteiger partial charge < -0.3 is 10.5 Å². The molecule has 0 aromatic carbocycles. The van der Waals surface area contributed by atoms with Gasteiger partial charge in [0.1, 0.15) is 0 Å². The number of hydrogen-bond donors (Lipinski definition) is 1. The van der Waals surface area contributed by atoms with Crippen LogP contribution in [0.3, 0.4) is 0 Å². The topological polar surface area (TPSA) is 38.5 Å². The Balaban J connectivity index is 2.63. The molecule has 1 atom stereocenters. The number of nitrogens with zero attached hydrogens (tertiary/aromatic N) is 1. The summed E-state index contributed by atoms with van der Waals surface area (Å²) in [5, 5.41) is 0. The smallest absolute Gasteiger partial charge is 0.0813 e. The van der Waals surface area contributed by atoms with Crippen LogP contribution in [0.2, 0.25) is 0 Å². The molecule has 1 fully saturated rings. The summed E-state index contributed by atoms with van der Waals surface area (Å²) in [4.78, 5) is 2.53. The van der Waals surface area contributed by atoms with Gasteiger partial charge in [-0.15, -0.1) is 0 Å². The quantitative estimate of drug-likeness (QED) is 0.759. The number of methoxy groups -OCH3 is 1. The van der Waals surface area contributed by atoms with Crippen molar-refractivity contribution >= 4 is 0 Å². The van der Waals surface area contributed by atoms with E-state index in [0.717, 1.165) is 25.9 Å². The van der Waals surface area contributed by atoms with Gasteiger partial charge in [-0.05, 0) is 46.6 Å². The summed E-state index contributed by atoms with van der Waals surface area (Å²) in [7, 11) is 1.79. The lowest BCUT2D eigenvalue weighted by atomic mass is 9.95. The Morgan fingerprint density at radius 3 is 2.40 bits per heavy atom. The van der Waals surface area contributed by atoms with Gasteiger partial charge in [-0.3, -0.25) is 4.90 Å². The summed E-state index contributed by atoms with van der Waals surface area (Å²) in [5.41, 5.74) is 6.02. The fourth-order valence-corrected chi connectivity index (χ4v) is 2.33. The van der Waals surface area contributed by atoms with Crippen molar-refractivity contribution in [3.05, 3.63) is 0 Å². The van der Waals surface area contributed by atoms with E-state index < -0.39 is 0 Å². The Morgan fingerprint density at radius 2 is 1.93 bits per heavy atom.